The quantitative estimate of drug-likeness (QED) is 0.706. The van der Waals surface area contributed by atoms with Crippen LogP contribution in [0.1, 0.15) is 15.9 Å². The maximum atomic E-state index is 10.5. The molecule has 0 aromatic heterocycles. The first-order valence-electron chi connectivity index (χ1n) is 3.09. The van der Waals surface area contributed by atoms with Gasteiger partial charge >= 0.3 is 0 Å². The molecule has 0 amide bonds. The third-order valence-corrected chi connectivity index (χ3v) is 2.28. The Labute approximate surface area is 78.4 Å². The van der Waals surface area contributed by atoms with Crippen LogP contribution in [0.5, 0.6) is 0 Å². The first-order chi connectivity index (χ1) is 5.11. The lowest BCUT2D eigenvalue weighted by Gasteiger charge is -2.05. The van der Waals surface area contributed by atoms with Crippen molar-refractivity contribution in [1.29, 1.82) is 0 Å². The number of halogens is 1. The molecule has 1 aromatic carbocycles. The van der Waals surface area contributed by atoms with Crippen molar-refractivity contribution in [2.24, 2.45) is 0 Å². The van der Waals surface area contributed by atoms with Crippen LogP contribution in [0.25, 0.3) is 0 Å². The van der Waals surface area contributed by atoms with Gasteiger partial charge in [-0.3, -0.25) is 0 Å². The summed E-state index contributed by atoms with van der Waals surface area (Å²) in [5, 5.41) is 10.5. The van der Waals surface area contributed by atoms with Crippen LogP contribution >= 0.6 is 22.6 Å². The second kappa shape index (κ2) is 3.21. The predicted octanol–water partition coefficient (Wildman–Crippen LogP) is 0.963. The highest BCUT2D eigenvalue weighted by Crippen LogP contribution is 2.12. The van der Waals surface area contributed by atoms with Gasteiger partial charge in [0.15, 0.2) is 0 Å². The Hall–Kier alpha value is -0.580. The molecule has 0 bridgehead atoms. The second-order valence-corrected chi connectivity index (χ2v) is 3.43. The lowest BCUT2D eigenvalue weighted by Crippen LogP contribution is -2.23. The Bertz CT molecular complexity index is 294. The number of carbonyl (C=O) groups excluding carboxylic acids is 1. The van der Waals surface area contributed by atoms with E-state index in [2.05, 4.69) is 0 Å². The van der Waals surface area contributed by atoms with E-state index in [0.29, 0.717) is 3.57 Å². The van der Waals surface area contributed by atoms with Gasteiger partial charge in [0, 0.05) is 9.13 Å². The number of carbonyl (C=O) groups is 1. The average Bonchev–Trinajstić information content (AvgIpc) is 1.94. The number of hydrogen-bond donors (Lipinski definition) is 0. The van der Waals surface area contributed by atoms with Gasteiger partial charge in [-0.15, -0.1) is 0 Å². The van der Waals surface area contributed by atoms with Crippen LogP contribution in [0, 0.1) is 10.5 Å². The van der Waals surface area contributed by atoms with Gasteiger partial charge in [0.2, 0.25) is 0 Å². The van der Waals surface area contributed by atoms with Crippen LogP contribution < -0.4 is 5.11 Å². The molecule has 11 heavy (non-hydrogen) atoms. The Kier molecular flexibility index (Phi) is 2.49. The molecule has 0 unspecified atom stereocenters. The van der Waals surface area contributed by atoms with Gasteiger partial charge in [0.05, 0.1) is 5.97 Å². The lowest BCUT2D eigenvalue weighted by molar-refractivity contribution is -0.255. The highest BCUT2D eigenvalue weighted by Gasteiger charge is 1.98. The summed E-state index contributed by atoms with van der Waals surface area (Å²) in [5.41, 5.74) is 1.20. The van der Waals surface area contributed by atoms with Crippen LogP contribution in [-0.4, -0.2) is 5.97 Å². The Morgan fingerprint density at radius 2 is 2.18 bits per heavy atom. The van der Waals surface area contributed by atoms with Crippen molar-refractivity contribution in [1.82, 2.24) is 0 Å². The summed E-state index contributed by atoms with van der Waals surface area (Å²) in [4.78, 5) is 10.5. The van der Waals surface area contributed by atoms with Crippen molar-refractivity contribution in [3.63, 3.8) is 0 Å². The summed E-state index contributed by atoms with van der Waals surface area (Å²) in [6.45, 7) is 1.85. The van der Waals surface area contributed by atoms with Crippen molar-refractivity contribution < 1.29 is 9.90 Å². The van der Waals surface area contributed by atoms with E-state index in [4.69, 9.17) is 0 Å². The summed E-state index contributed by atoms with van der Waals surface area (Å²) in [5.74, 6) is -1.11. The van der Waals surface area contributed by atoms with E-state index in [0.717, 1.165) is 5.56 Å². The van der Waals surface area contributed by atoms with E-state index in [1.54, 1.807) is 12.1 Å². The normalized spacial score (nSPS) is 9.64. The molecule has 0 aliphatic heterocycles. The molecule has 0 heterocycles. The molecule has 1 aromatic rings. The Morgan fingerprint density at radius 1 is 1.55 bits per heavy atom. The molecule has 1 rings (SSSR count). The lowest BCUT2D eigenvalue weighted by atomic mass is 10.1. The molecule has 0 fully saturated rings. The van der Waals surface area contributed by atoms with Crippen LogP contribution in [0.3, 0.4) is 0 Å². The average molecular weight is 261 g/mol. The minimum Gasteiger partial charge on any atom is -0.545 e. The Morgan fingerprint density at radius 3 is 2.64 bits per heavy atom. The zero-order valence-corrected chi connectivity index (χ0v) is 8.08. The SMILES string of the molecule is Cc1ccc(I)c(C(=O)[O-])c1. The van der Waals surface area contributed by atoms with Gasteiger partial charge in [-0.25, -0.2) is 0 Å². The van der Waals surface area contributed by atoms with Crippen molar-refractivity contribution in [2.75, 3.05) is 0 Å². The topological polar surface area (TPSA) is 40.1 Å². The number of aromatic carboxylic acids is 1. The summed E-state index contributed by atoms with van der Waals surface area (Å²) < 4.78 is 0.716. The molecule has 0 spiro atoms. The van der Waals surface area contributed by atoms with Crippen LogP contribution in [0.2, 0.25) is 0 Å². The third-order valence-electron chi connectivity index (χ3n) is 1.34. The molecule has 3 heteroatoms. The van der Waals surface area contributed by atoms with Crippen molar-refractivity contribution in [3.05, 3.63) is 32.9 Å². The molecular formula is C8H6IO2-. The van der Waals surface area contributed by atoms with Gasteiger partial charge in [0.25, 0.3) is 0 Å². The molecule has 0 N–H and O–H groups in total. The molecular weight excluding hydrogens is 255 g/mol. The van der Waals surface area contributed by atoms with Crippen molar-refractivity contribution in [3.8, 4) is 0 Å². The number of carboxylic acid groups (broad SMARTS) is 1. The van der Waals surface area contributed by atoms with Crippen molar-refractivity contribution >= 4 is 28.6 Å². The zero-order chi connectivity index (χ0) is 8.43. The number of hydrogen-bond acceptors (Lipinski definition) is 2. The summed E-state index contributed by atoms with van der Waals surface area (Å²) in [6.07, 6.45) is 0. The molecule has 0 saturated heterocycles. The minimum absolute atomic E-state index is 0.269. The second-order valence-electron chi connectivity index (χ2n) is 2.27. The number of rotatable bonds is 1. The van der Waals surface area contributed by atoms with Crippen LogP contribution in [-0.2, 0) is 0 Å². The smallest absolute Gasteiger partial charge is 0.0726 e. The van der Waals surface area contributed by atoms with Crippen LogP contribution in [0.4, 0.5) is 0 Å². The standard InChI is InChI=1S/C8H7IO2/c1-5-2-3-7(9)6(4-5)8(10)11/h2-4H,1H3,(H,10,11)/p-1. The van der Waals surface area contributed by atoms with E-state index < -0.39 is 5.97 Å². The highest BCUT2D eigenvalue weighted by molar-refractivity contribution is 14.1. The molecule has 0 aliphatic rings. The molecule has 0 atom stereocenters. The maximum Gasteiger partial charge on any atom is 0.0726 e. The summed E-state index contributed by atoms with van der Waals surface area (Å²) in [6, 6.07) is 5.24. The molecule has 0 aliphatic carbocycles. The summed E-state index contributed by atoms with van der Waals surface area (Å²) in [7, 11) is 0. The predicted molar refractivity (Wildman–Crippen MR) is 48.2 cm³/mol. The highest BCUT2D eigenvalue weighted by atomic mass is 127. The molecule has 0 saturated carbocycles. The molecule has 2 nitrogen and oxygen atoms in total. The fraction of sp³-hybridized carbons (Fsp3) is 0.125. The monoisotopic (exact) mass is 261 g/mol. The van der Waals surface area contributed by atoms with E-state index in [1.165, 1.54) is 0 Å². The first-order valence-corrected chi connectivity index (χ1v) is 4.16. The van der Waals surface area contributed by atoms with Crippen molar-refractivity contribution in [2.45, 2.75) is 6.92 Å². The van der Waals surface area contributed by atoms with Gasteiger partial charge < -0.3 is 9.90 Å². The minimum atomic E-state index is -1.11. The van der Waals surface area contributed by atoms with E-state index in [9.17, 15) is 9.90 Å². The zero-order valence-electron chi connectivity index (χ0n) is 5.93. The fourth-order valence-electron chi connectivity index (χ4n) is 0.796. The van der Waals surface area contributed by atoms with Gasteiger partial charge in [-0.1, -0.05) is 11.6 Å². The third kappa shape index (κ3) is 1.92. The number of benzene rings is 1. The van der Waals surface area contributed by atoms with Gasteiger partial charge in [-0.05, 0) is 41.6 Å². The number of aryl methyl sites for hydroxylation is 1. The van der Waals surface area contributed by atoms with E-state index in [-0.39, 0.29) is 5.56 Å². The van der Waals surface area contributed by atoms with Gasteiger partial charge in [-0.2, -0.15) is 0 Å². The van der Waals surface area contributed by atoms with Gasteiger partial charge in [0.1, 0.15) is 0 Å². The van der Waals surface area contributed by atoms with E-state index in [1.807, 2.05) is 35.6 Å². The largest absolute Gasteiger partial charge is 0.545 e. The van der Waals surface area contributed by atoms with Crippen LogP contribution in [0.15, 0.2) is 18.2 Å². The molecule has 0 radical (unpaired) electrons. The first kappa shape index (κ1) is 8.52. The maximum absolute atomic E-state index is 10.5. The van der Waals surface area contributed by atoms with E-state index >= 15 is 0 Å². The fourth-order valence-corrected chi connectivity index (χ4v) is 1.35. The summed E-state index contributed by atoms with van der Waals surface area (Å²) >= 11 is 1.97. The Balaban J connectivity index is 3.23. The number of carboxylic acids is 1. The molecule has 58 valence electrons.